The van der Waals surface area contributed by atoms with Crippen LogP contribution >= 0.6 is 0 Å². The number of nitrogens with two attached hydrogens (primary N) is 1. The number of rotatable bonds is 11. The topological polar surface area (TPSA) is 142 Å². The van der Waals surface area contributed by atoms with E-state index in [2.05, 4.69) is 10.6 Å². The van der Waals surface area contributed by atoms with Gasteiger partial charge in [-0.1, -0.05) is 50.1 Å². The largest absolute Gasteiger partial charge is 0.480 e. The first-order valence-electron chi connectivity index (χ1n) is 11.2. The van der Waals surface area contributed by atoms with Crippen molar-refractivity contribution < 1.29 is 24.3 Å². The number of hydrogen-bond acceptors (Lipinski definition) is 5. The number of carboxylic acids is 1. The monoisotopic (exact) mass is 446 g/mol. The Morgan fingerprint density at radius 1 is 1.16 bits per heavy atom. The fourth-order valence-electron chi connectivity index (χ4n) is 3.78. The molecule has 0 aliphatic carbocycles. The Morgan fingerprint density at radius 2 is 1.84 bits per heavy atom. The molecule has 1 fully saturated rings. The normalized spacial score (nSPS) is 18.5. The molecule has 9 nitrogen and oxygen atoms in total. The lowest BCUT2D eigenvalue weighted by Gasteiger charge is -2.28. The molecule has 0 radical (unpaired) electrons. The second-order valence-corrected chi connectivity index (χ2v) is 8.26. The Hall–Kier alpha value is -2.94. The van der Waals surface area contributed by atoms with Gasteiger partial charge in [0.15, 0.2) is 0 Å². The summed E-state index contributed by atoms with van der Waals surface area (Å²) >= 11 is 0. The molecule has 1 aromatic rings. The summed E-state index contributed by atoms with van der Waals surface area (Å²) in [6.07, 6.45) is 3.44. The third kappa shape index (κ3) is 7.05. The average molecular weight is 447 g/mol. The van der Waals surface area contributed by atoms with Crippen LogP contribution in [0.4, 0.5) is 0 Å². The molecule has 0 aromatic heterocycles. The molecule has 9 heteroatoms. The standard InChI is InChI=1S/C23H34N4O5/c1-3-4-11-17(24)21(29)25-15(2)20(28)26-18(14-16-9-6-5-7-10-16)22(30)27-13-8-12-19(27)23(31)32/h5-7,9-10,15,17-19H,3-4,8,11-14,24H2,1-2H3,(H,25,29)(H,26,28)(H,31,32)/t15-,17-,18-,19+/m0/s1. The van der Waals surface area contributed by atoms with Gasteiger partial charge in [0.25, 0.3) is 0 Å². The van der Waals surface area contributed by atoms with E-state index in [4.69, 9.17) is 5.73 Å². The minimum atomic E-state index is -1.05. The van der Waals surface area contributed by atoms with Gasteiger partial charge in [0.1, 0.15) is 18.1 Å². The van der Waals surface area contributed by atoms with Crippen LogP contribution in [0.25, 0.3) is 0 Å². The third-order valence-electron chi connectivity index (χ3n) is 5.68. The first kappa shape index (κ1) is 25.3. The summed E-state index contributed by atoms with van der Waals surface area (Å²) in [6, 6.07) is 5.74. The molecule has 1 heterocycles. The van der Waals surface area contributed by atoms with Crippen LogP contribution in [0.15, 0.2) is 30.3 Å². The van der Waals surface area contributed by atoms with Crippen LogP contribution in [0, 0.1) is 0 Å². The summed E-state index contributed by atoms with van der Waals surface area (Å²) in [5.74, 6) is -2.44. The molecule has 4 atom stereocenters. The quantitative estimate of drug-likeness (QED) is 0.396. The fourth-order valence-corrected chi connectivity index (χ4v) is 3.78. The van der Waals surface area contributed by atoms with Gasteiger partial charge in [-0.15, -0.1) is 0 Å². The van der Waals surface area contributed by atoms with Crippen LogP contribution in [0.2, 0.25) is 0 Å². The van der Waals surface area contributed by atoms with Crippen molar-refractivity contribution in [1.29, 1.82) is 0 Å². The van der Waals surface area contributed by atoms with Gasteiger partial charge in [-0.2, -0.15) is 0 Å². The van der Waals surface area contributed by atoms with E-state index >= 15 is 0 Å². The summed E-state index contributed by atoms with van der Waals surface area (Å²) in [5, 5.41) is 14.8. The number of nitrogens with zero attached hydrogens (tertiary/aromatic N) is 1. The van der Waals surface area contributed by atoms with Gasteiger partial charge in [0, 0.05) is 13.0 Å². The lowest BCUT2D eigenvalue weighted by molar-refractivity contribution is -0.149. The third-order valence-corrected chi connectivity index (χ3v) is 5.68. The molecule has 1 aliphatic rings. The number of unbranched alkanes of at least 4 members (excludes halogenated alkanes) is 1. The van der Waals surface area contributed by atoms with E-state index < -0.39 is 47.9 Å². The van der Waals surface area contributed by atoms with E-state index in [0.29, 0.717) is 25.8 Å². The van der Waals surface area contributed by atoms with Crippen LogP contribution in [-0.2, 0) is 25.6 Å². The van der Waals surface area contributed by atoms with Crippen LogP contribution < -0.4 is 16.4 Å². The number of carbonyl (C=O) groups is 4. The zero-order valence-electron chi connectivity index (χ0n) is 18.8. The number of likely N-dealkylation sites (tertiary alicyclic amines) is 1. The molecule has 0 bridgehead atoms. The highest BCUT2D eigenvalue weighted by Crippen LogP contribution is 2.19. The number of amides is 3. The highest BCUT2D eigenvalue weighted by molar-refractivity contribution is 5.94. The van der Waals surface area contributed by atoms with Crippen molar-refractivity contribution in [3.8, 4) is 0 Å². The summed E-state index contributed by atoms with van der Waals surface area (Å²) in [4.78, 5) is 51.1. The van der Waals surface area contributed by atoms with Crippen LogP contribution in [0.3, 0.4) is 0 Å². The Bertz CT molecular complexity index is 801. The molecule has 1 aromatic carbocycles. The Morgan fingerprint density at radius 3 is 2.47 bits per heavy atom. The number of carbonyl (C=O) groups excluding carboxylic acids is 3. The predicted molar refractivity (Wildman–Crippen MR) is 120 cm³/mol. The lowest BCUT2D eigenvalue weighted by atomic mass is 10.0. The zero-order valence-corrected chi connectivity index (χ0v) is 18.8. The number of benzene rings is 1. The molecule has 3 amide bonds. The van der Waals surface area contributed by atoms with Gasteiger partial charge in [-0.3, -0.25) is 14.4 Å². The number of nitrogens with one attached hydrogen (secondary N) is 2. The van der Waals surface area contributed by atoms with E-state index in [1.54, 1.807) is 0 Å². The van der Waals surface area contributed by atoms with E-state index in [9.17, 15) is 24.3 Å². The molecule has 2 rings (SSSR count). The first-order chi connectivity index (χ1) is 15.2. The van der Waals surface area contributed by atoms with Crippen molar-refractivity contribution in [2.24, 2.45) is 5.73 Å². The lowest BCUT2D eigenvalue weighted by Crippen LogP contribution is -2.57. The summed E-state index contributed by atoms with van der Waals surface area (Å²) in [7, 11) is 0. The zero-order chi connectivity index (χ0) is 23.7. The maximum absolute atomic E-state index is 13.2. The molecule has 32 heavy (non-hydrogen) atoms. The van der Waals surface area contributed by atoms with Crippen molar-refractivity contribution in [3.05, 3.63) is 35.9 Å². The molecular weight excluding hydrogens is 412 g/mol. The number of carboxylic acid groups (broad SMARTS) is 1. The maximum Gasteiger partial charge on any atom is 0.326 e. The Balaban J connectivity index is 2.10. The van der Waals surface area contributed by atoms with Crippen molar-refractivity contribution in [3.63, 3.8) is 0 Å². The van der Waals surface area contributed by atoms with Crippen LogP contribution in [0.1, 0.15) is 51.5 Å². The minimum absolute atomic E-state index is 0.213. The van der Waals surface area contributed by atoms with Gasteiger partial charge >= 0.3 is 5.97 Å². The highest BCUT2D eigenvalue weighted by atomic mass is 16.4. The fraction of sp³-hybridized carbons (Fsp3) is 0.565. The molecule has 1 aliphatic heterocycles. The smallest absolute Gasteiger partial charge is 0.326 e. The summed E-state index contributed by atoms with van der Waals surface area (Å²) in [6.45, 7) is 3.86. The summed E-state index contributed by atoms with van der Waals surface area (Å²) < 4.78 is 0. The van der Waals surface area contributed by atoms with E-state index in [-0.39, 0.29) is 6.42 Å². The predicted octanol–water partition coefficient (Wildman–Crippen LogP) is 0.812. The van der Waals surface area contributed by atoms with Crippen molar-refractivity contribution in [2.75, 3.05) is 6.54 Å². The Labute approximate surface area is 188 Å². The van der Waals surface area contributed by atoms with Gasteiger partial charge in [0.2, 0.25) is 17.7 Å². The van der Waals surface area contributed by atoms with Gasteiger partial charge in [-0.05, 0) is 31.7 Å². The van der Waals surface area contributed by atoms with E-state index in [1.807, 2.05) is 37.3 Å². The molecule has 1 saturated heterocycles. The van der Waals surface area contributed by atoms with E-state index in [0.717, 1.165) is 18.4 Å². The van der Waals surface area contributed by atoms with Crippen LogP contribution in [0.5, 0.6) is 0 Å². The van der Waals surface area contributed by atoms with E-state index in [1.165, 1.54) is 11.8 Å². The summed E-state index contributed by atoms with van der Waals surface area (Å²) in [5.41, 5.74) is 6.70. The molecule has 176 valence electrons. The van der Waals surface area contributed by atoms with Gasteiger partial charge in [0.05, 0.1) is 6.04 Å². The SMILES string of the molecule is CCCC[C@H](N)C(=O)N[C@@H](C)C(=O)N[C@@H](Cc1ccccc1)C(=O)N1CCC[C@@H]1C(=O)O. The Kier molecular flexibility index (Phi) is 9.64. The second kappa shape index (κ2) is 12.2. The number of aliphatic carboxylic acids is 1. The van der Waals surface area contributed by atoms with Crippen molar-refractivity contribution >= 4 is 23.7 Å². The molecule has 0 saturated carbocycles. The molecule has 5 N–H and O–H groups in total. The molecular formula is C23H34N4O5. The molecule has 0 unspecified atom stereocenters. The highest BCUT2D eigenvalue weighted by Gasteiger charge is 2.38. The van der Waals surface area contributed by atoms with Crippen molar-refractivity contribution in [2.45, 2.75) is 76.5 Å². The van der Waals surface area contributed by atoms with Crippen LogP contribution in [-0.4, -0.2) is 64.4 Å². The average Bonchev–Trinajstić information content (AvgIpc) is 3.27. The van der Waals surface area contributed by atoms with Gasteiger partial charge in [-0.25, -0.2) is 4.79 Å². The second-order valence-electron chi connectivity index (χ2n) is 8.26. The number of hydrogen-bond donors (Lipinski definition) is 4. The van der Waals surface area contributed by atoms with Crippen molar-refractivity contribution in [1.82, 2.24) is 15.5 Å². The molecule has 0 spiro atoms. The van der Waals surface area contributed by atoms with Gasteiger partial charge < -0.3 is 26.4 Å². The first-order valence-corrected chi connectivity index (χ1v) is 11.2. The minimum Gasteiger partial charge on any atom is -0.480 e. The maximum atomic E-state index is 13.2.